The van der Waals surface area contributed by atoms with Gasteiger partial charge in [-0.15, -0.1) is 21.5 Å². The van der Waals surface area contributed by atoms with Crippen LogP contribution in [-0.4, -0.2) is 20.2 Å². The third-order valence-corrected chi connectivity index (χ3v) is 8.11. The van der Waals surface area contributed by atoms with Gasteiger partial charge in [-0.1, -0.05) is 65.9 Å². The van der Waals surface area contributed by atoms with E-state index in [4.69, 9.17) is 11.6 Å². The van der Waals surface area contributed by atoms with Crippen molar-refractivity contribution in [2.45, 2.75) is 23.4 Å². The van der Waals surface area contributed by atoms with Crippen LogP contribution in [0.3, 0.4) is 0 Å². The van der Waals surface area contributed by atoms with Gasteiger partial charge in [0.2, 0.25) is 5.13 Å². The molecule has 0 saturated heterocycles. The summed E-state index contributed by atoms with van der Waals surface area (Å²) in [6.45, 7) is 2.13. The van der Waals surface area contributed by atoms with Gasteiger partial charge in [-0.05, 0) is 41.8 Å². The number of H-pyrrole nitrogens is 1. The molecule has 166 valence electrons. The van der Waals surface area contributed by atoms with Crippen LogP contribution in [0.5, 0.6) is 0 Å². The predicted molar refractivity (Wildman–Crippen MR) is 139 cm³/mol. The Labute approximate surface area is 207 Å². The van der Waals surface area contributed by atoms with Crippen molar-refractivity contribution >= 4 is 67.1 Å². The number of hydrogen-bond acceptors (Lipinski definition) is 8. The summed E-state index contributed by atoms with van der Waals surface area (Å²) in [7, 11) is 0. The van der Waals surface area contributed by atoms with Gasteiger partial charge in [0.15, 0.2) is 4.34 Å². The molecule has 3 aromatic heterocycles. The van der Waals surface area contributed by atoms with Gasteiger partial charge in [-0.3, -0.25) is 4.79 Å². The number of fused-ring (bicyclic) bond motifs is 1. The van der Waals surface area contributed by atoms with E-state index >= 15 is 0 Å². The van der Waals surface area contributed by atoms with Crippen LogP contribution in [-0.2, 0) is 12.2 Å². The van der Waals surface area contributed by atoms with Crippen LogP contribution in [0.15, 0.2) is 63.0 Å². The van der Waals surface area contributed by atoms with Gasteiger partial charge in [-0.25, -0.2) is 4.98 Å². The fraction of sp³-hybridized carbons (Fsp3) is 0.130. The number of hydrogen-bond donors (Lipinski definition) is 2. The maximum atomic E-state index is 12.8. The molecule has 3 heterocycles. The van der Waals surface area contributed by atoms with Gasteiger partial charge in [0.25, 0.3) is 5.56 Å². The second kappa shape index (κ2) is 9.64. The number of thiophene rings is 1. The third kappa shape index (κ3) is 4.96. The minimum Gasteiger partial charge on any atom is -0.330 e. The molecule has 0 unspecified atom stereocenters. The van der Waals surface area contributed by atoms with Gasteiger partial charge >= 0.3 is 0 Å². The molecule has 5 rings (SSSR count). The van der Waals surface area contributed by atoms with E-state index in [9.17, 15) is 4.79 Å². The molecular weight excluding hydrogens is 494 g/mol. The molecule has 0 bridgehead atoms. The highest BCUT2D eigenvalue weighted by Crippen LogP contribution is 2.33. The molecule has 33 heavy (non-hydrogen) atoms. The first-order valence-electron chi connectivity index (χ1n) is 10.2. The SMILES string of the molecule is CCc1ccc(Nc2nnc(SCc3nc4scc(-c5ccc(Cl)cc5)c4c(=O)[nH]3)s2)cc1. The van der Waals surface area contributed by atoms with Crippen LogP contribution in [0.4, 0.5) is 10.8 Å². The first kappa shape index (κ1) is 22.1. The first-order valence-corrected chi connectivity index (χ1v) is 13.2. The number of aromatic nitrogens is 4. The van der Waals surface area contributed by atoms with Crippen molar-refractivity contribution in [3.05, 3.63) is 80.7 Å². The highest BCUT2D eigenvalue weighted by molar-refractivity contribution is 8.00. The van der Waals surface area contributed by atoms with Crippen molar-refractivity contribution in [3.63, 3.8) is 0 Å². The van der Waals surface area contributed by atoms with Gasteiger partial charge < -0.3 is 10.3 Å². The summed E-state index contributed by atoms with van der Waals surface area (Å²) in [5.74, 6) is 1.11. The Morgan fingerprint density at radius 1 is 1.09 bits per heavy atom. The fourth-order valence-electron chi connectivity index (χ4n) is 3.30. The number of benzene rings is 2. The maximum absolute atomic E-state index is 12.8. The van der Waals surface area contributed by atoms with Crippen LogP contribution >= 0.6 is 46.0 Å². The molecule has 0 atom stereocenters. The summed E-state index contributed by atoms with van der Waals surface area (Å²) in [5, 5.41) is 15.7. The quantitative estimate of drug-likeness (QED) is 0.235. The Hall–Kier alpha value is -2.72. The number of rotatable bonds is 7. The zero-order valence-corrected chi connectivity index (χ0v) is 20.7. The molecule has 0 aliphatic heterocycles. The number of nitrogens with zero attached hydrogens (tertiary/aromatic N) is 3. The van der Waals surface area contributed by atoms with Crippen LogP contribution in [0.25, 0.3) is 21.3 Å². The Bertz CT molecular complexity index is 1460. The largest absolute Gasteiger partial charge is 0.330 e. The van der Waals surface area contributed by atoms with Crippen LogP contribution < -0.4 is 10.9 Å². The Morgan fingerprint density at radius 3 is 2.64 bits per heavy atom. The van der Waals surface area contributed by atoms with Gasteiger partial charge in [0.1, 0.15) is 10.7 Å². The van der Waals surface area contributed by atoms with E-state index in [1.165, 1.54) is 40.0 Å². The monoisotopic (exact) mass is 511 g/mol. The highest BCUT2D eigenvalue weighted by atomic mass is 35.5. The molecule has 6 nitrogen and oxygen atoms in total. The van der Waals surface area contributed by atoms with Crippen molar-refractivity contribution in [2.24, 2.45) is 0 Å². The van der Waals surface area contributed by atoms with E-state index in [0.717, 1.165) is 37.5 Å². The summed E-state index contributed by atoms with van der Waals surface area (Å²) in [4.78, 5) is 21.1. The highest BCUT2D eigenvalue weighted by Gasteiger charge is 2.14. The summed E-state index contributed by atoms with van der Waals surface area (Å²) >= 11 is 10.4. The molecule has 0 aliphatic rings. The number of aromatic amines is 1. The lowest BCUT2D eigenvalue weighted by Gasteiger charge is -2.02. The molecule has 0 amide bonds. The van der Waals surface area contributed by atoms with Gasteiger partial charge in [0, 0.05) is 21.7 Å². The summed E-state index contributed by atoms with van der Waals surface area (Å²) in [6, 6.07) is 15.7. The molecule has 0 radical (unpaired) electrons. The molecule has 5 aromatic rings. The molecular formula is C23H18ClN5OS3. The normalized spacial score (nSPS) is 11.2. The third-order valence-electron chi connectivity index (χ3n) is 5.00. The van der Waals surface area contributed by atoms with E-state index in [1.54, 1.807) is 0 Å². The van der Waals surface area contributed by atoms with Gasteiger partial charge in [-0.2, -0.15) is 0 Å². The van der Waals surface area contributed by atoms with Crippen molar-refractivity contribution < 1.29 is 0 Å². The molecule has 0 saturated carbocycles. The van der Waals surface area contributed by atoms with Crippen molar-refractivity contribution in [1.29, 1.82) is 0 Å². The number of halogens is 1. The Balaban J connectivity index is 1.29. The topological polar surface area (TPSA) is 83.6 Å². The van der Waals surface area contributed by atoms with Crippen molar-refractivity contribution in [2.75, 3.05) is 5.32 Å². The molecule has 0 aliphatic carbocycles. The standard InChI is InChI=1S/C23H18ClN5OS3/c1-2-13-3-9-16(10-4-13)25-22-28-29-23(33-22)32-12-18-26-20(30)19-17(11-31-21(19)27-18)14-5-7-15(24)8-6-14/h3-11H,2,12H2,1H3,(H,25,28)(H,26,27,30). The minimum atomic E-state index is -0.142. The number of thioether (sulfide) groups is 1. The van der Waals surface area contributed by atoms with E-state index in [-0.39, 0.29) is 5.56 Å². The van der Waals surface area contributed by atoms with E-state index in [0.29, 0.717) is 22.0 Å². The molecule has 0 spiro atoms. The molecule has 0 fully saturated rings. The lowest BCUT2D eigenvalue weighted by molar-refractivity contribution is 1.00. The number of aryl methyl sites for hydroxylation is 1. The second-order valence-electron chi connectivity index (χ2n) is 7.19. The van der Waals surface area contributed by atoms with Gasteiger partial charge in [0.05, 0.1) is 11.1 Å². The first-order chi connectivity index (χ1) is 16.1. The minimum absolute atomic E-state index is 0.142. The Kier molecular flexibility index (Phi) is 6.45. The summed E-state index contributed by atoms with van der Waals surface area (Å²) < 4.78 is 0.804. The molecule has 10 heteroatoms. The van der Waals surface area contributed by atoms with Crippen LogP contribution in [0, 0.1) is 0 Å². The number of anilines is 2. The fourth-order valence-corrected chi connectivity index (χ4v) is 6.03. The average molecular weight is 512 g/mol. The molecule has 2 N–H and O–H groups in total. The van der Waals surface area contributed by atoms with Crippen molar-refractivity contribution in [1.82, 2.24) is 20.2 Å². The lowest BCUT2D eigenvalue weighted by atomic mass is 10.1. The van der Waals surface area contributed by atoms with Crippen LogP contribution in [0.2, 0.25) is 5.02 Å². The zero-order valence-electron chi connectivity index (χ0n) is 17.5. The van der Waals surface area contributed by atoms with Crippen molar-refractivity contribution in [3.8, 4) is 11.1 Å². The van der Waals surface area contributed by atoms with E-state index in [1.807, 2.05) is 41.8 Å². The predicted octanol–water partition coefficient (Wildman–Crippen LogP) is 6.75. The average Bonchev–Trinajstić information content (AvgIpc) is 3.46. The second-order valence-corrected chi connectivity index (χ2v) is 10.7. The maximum Gasteiger partial charge on any atom is 0.260 e. The van der Waals surface area contributed by atoms with E-state index < -0.39 is 0 Å². The lowest BCUT2D eigenvalue weighted by Crippen LogP contribution is -2.10. The summed E-state index contributed by atoms with van der Waals surface area (Å²) in [6.07, 6.45) is 1.01. The Morgan fingerprint density at radius 2 is 1.88 bits per heavy atom. The van der Waals surface area contributed by atoms with Crippen LogP contribution in [0.1, 0.15) is 18.3 Å². The van der Waals surface area contributed by atoms with E-state index in [2.05, 4.69) is 44.5 Å². The molecule has 2 aromatic carbocycles. The smallest absolute Gasteiger partial charge is 0.260 e. The zero-order chi connectivity index (χ0) is 22.8. The summed E-state index contributed by atoms with van der Waals surface area (Å²) in [5.41, 5.74) is 3.94. The number of nitrogens with one attached hydrogen (secondary N) is 2.